The predicted molar refractivity (Wildman–Crippen MR) is 84.3 cm³/mol. The third-order valence-electron chi connectivity index (χ3n) is 2.93. The summed E-state index contributed by atoms with van der Waals surface area (Å²) in [6.45, 7) is 4.21. The Balaban J connectivity index is 3.13. The third kappa shape index (κ3) is 5.13. The van der Waals surface area contributed by atoms with Gasteiger partial charge in [0.15, 0.2) is 0 Å². The molecule has 1 atom stereocenters. The van der Waals surface area contributed by atoms with E-state index in [1.807, 2.05) is 12.1 Å². The van der Waals surface area contributed by atoms with Crippen LogP contribution < -0.4 is 15.2 Å². The first-order valence-electron chi connectivity index (χ1n) is 6.79. The molecule has 0 spiro atoms. The van der Waals surface area contributed by atoms with E-state index in [9.17, 15) is 4.79 Å². The lowest BCUT2D eigenvalue weighted by Gasteiger charge is -2.20. The Labute approximate surface area is 129 Å². The average molecular weight is 313 g/mol. The maximum absolute atomic E-state index is 10.7. The zero-order chi connectivity index (χ0) is 16.0. The normalized spacial score (nSPS) is 12.3. The predicted octanol–water partition coefficient (Wildman–Crippen LogP) is 3.07. The zero-order valence-electron chi connectivity index (χ0n) is 12.9. The number of carboxylic acids is 1. The molecule has 5 nitrogen and oxygen atoms in total. The van der Waals surface area contributed by atoms with Crippen LogP contribution >= 0.6 is 11.8 Å². The molecule has 0 bridgehead atoms. The molecule has 0 aliphatic carbocycles. The van der Waals surface area contributed by atoms with Gasteiger partial charge in [0.05, 0.1) is 19.8 Å². The van der Waals surface area contributed by atoms with Gasteiger partial charge in [0.25, 0.3) is 0 Å². The summed E-state index contributed by atoms with van der Waals surface area (Å²) in [6.07, 6.45) is 0.342. The molecule has 0 aliphatic heterocycles. The van der Waals surface area contributed by atoms with Gasteiger partial charge >= 0.3 is 5.97 Å². The van der Waals surface area contributed by atoms with Crippen LogP contribution in [0.5, 0.6) is 11.5 Å². The second kappa shape index (κ2) is 8.14. The standard InChI is InChI=1S/C15H23NO4S/c1-9(2)21-10-7-12(19-3)15(13(8-10)20-4)11(16)5-6-14(17)18/h7-9,11H,5-6,16H2,1-4H3,(H,17,18). The van der Waals surface area contributed by atoms with Gasteiger partial charge in [-0.05, 0) is 18.6 Å². The zero-order valence-corrected chi connectivity index (χ0v) is 13.7. The summed E-state index contributed by atoms with van der Waals surface area (Å²) < 4.78 is 10.8. The molecule has 1 rings (SSSR count). The van der Waals surface area contributed by atoms with Crippen molar-refractivity contribution in [2.45, 2.75) is 42.9 Å². The Morgan fingerprint density at radius 2 is 1.81 bits per heavy atom. The second-order valence-corrected chi connectivity index (χ2v) is 6.60. The molecule has 118 valence electrons. The number of hydrogen-bond acceptors (Lipinski definition) is 5. The van der Waals surface area contributed by atoms with E-state index < -0.39 is 12.0 Å². The third-order valence-corrected chi connectivity index (χ3v) is 3.91. The maximum atomic E-state index is 10.7. The molecule has 0 aliphatic rings. The van der Waals surface area contributed by atoms with E-state index in [1.54, 1.807) is 26.0 Å². The molecule has 6 heteroatoms. The van der Waals surface area contributed by atoms with Crippen molar-refractivity contribution in [1.29, 1.82) is 0 Å². The van der Waals surface area contributed by atoms with Crippen LogP contribution in [0.25, 0.3) is 0 Å². The number of aliphatic carboxylic acids is 1. The maximum Gasteiger partial charge on any atom is 0.303 e. The van der Waals surface area contributed by atoms with Gasteiger partial charge in [-0.2, -0.15) is 0 Å². The van der Waals surface area contributed by atoms with Gasteiger partial charge in [-0.15, -0.1) is 11.8 Å². The monoisotopic (exact) mass is 313 g/mol. The van der Waals surface area contributed by atoms with Crippen molar-refractivity contribution in [2.75, 3.05) is 14.2 Å². The first kappa shape index (κ1) is 17.7. The lowest BCUT2D eigenvalue weighted by molar-refractivity contribution is -0.137. The van der Waals surface area contributed by atoms with Gasteiger partial charge in [-0.3, -0.25) is 4.79 Å². The van der Waals surface area contributed by atoms with Crippen LogP contribution in [-0.2, 0) is 4.79 Å². The molecule has 1 aromatic carbocycles. The number of nitrogens with two attached hydrogens (primary N) is 1. The fourth-order valence-corrected chi connectivity index (χ4v) is 2.94. The summed E-state index contributed by atoms with van der Waals surface area (Å²) in [4.78, 5) is 11.7. The Bertz CT molecular complexity index is 466. The minimum absolute atomic E-state index is 0.00989. The molecule has 0 radical (unpaired) electrons. The van der Waals surface area contributed by atoms with Gasteiger partial charge < -0.3 is 20.3 Å². The average Bonchev–Trinajstić information content (AvgIpc) is 2.42. The Hall–Kier alpha value is -1.40. The summed E-state index contributed by atoms with van der Waals surface area (Å²) in [7, 11) is 3.15. The Morgan fingerprint density at radius 3 is 2.19 bits per heavy atom. The van der Waals surface area contributed by atoms with E-state index in [1.165, 1.54) is 0 Å². The van der Waals surface area contributed by atoms with Crippen LogP contribution in [0, 0.1) is 0 Å². The van der Waals surface area contributed by atoms with E-state index in [2.05, 4.69) is 13.8 Å². The smallest absolute Gasteiger partial charge is 0.303 e. The molecule has 3 N–H and O–H groups in total. The lowest BCUT2D eigenvalue weighted by atomic mass is 10.0. The molecule has 0 fully saturated rings. The largest absolute Gasteiger partial charge is 0.496 e. The number of ether oxygens (including phenoxy) is 2. The van der Waals surface area contributed by atoms with Gasteiger partial charge in [-0.25, -0.2) is 0 Å². The highest BCUT2D eigenvalue weighted by atomic mass is 32.2. The van der Waals surface area contributed by atoms with E-state index in [-0.39, 0.29) is 6.42 Å². The summed E-state index contributed by atoms with van der Waals surface area (Å²) in [6, 6.07) is 3.40. The van der Waals surface area contributed by atoms with Gasteiger partial charge in [0.1, 0.15) is 11.5 Å². The quantitative estimate of drug-likeness (QED) is 0.718. The number of rotatable bonds is 8. The van der Waals surface area contributed by atoms with Crippen molar-refractivity contribution >= 4 is 17.7 Å². The SMILES string of the molecule is COc1cc(SC(C)C)cc(OC)c1C(N)CCC(=O)O. The van der Waals surface area contributed by atoms with Crippen molar-refractivity contribution < 1.29 is 19.4 Å². The van der Waals surface area contributed by atoms with E-state index in [0.717, 1.165) is 4.90 Å². The van der Waals surface area contributed by atoms with Gasteiger partial charge in [0, 0.05) is 22.6 Å². The number of hydrogen-bond donors (Lipinski definition) is 2. The molecule has 1 aromatic rings. The molecule has 0 saturated heterocycles. The first-order valence-corrected chi connectivity index (χ1v) is 7.67. The fourth-order valence-electron chi connectivity index (χ4n) is 2.04. The van der Waals surface area contributed by atoms with Crippen LogP contribution in [0.2, 0.25) is 0 Å². The van der Waals surface area contributed by atoms with Crippen molar-refractivity contribution in [3.8, 4) is 11.5 Å². The molecule has 0 amide bonds. The topological polar surface area (TPSA) is 81.8 Å². The Kier molecular flexibility index (Phi) is 6.84. The van der Waals surface area contributed by atoms with Gasteiger partial charge in [0.2, 0.25) is 0 Å². The number of thioether (sulfide) groups is 1. The summed E-state index contributed by atoms with van der Waals surface area (Å²) in [5.41, 5.74) is 6.83. The molecule has 0 aromatic heterocycles. The Morgan fingerprint density at radius 1 is 1.29 bits per heavy atom. The summed E-state index contributed by atoms with van der Waals surface area (Å²) >= 11 is 1.70. The summed E-state index contributed by atoms with van der Waals surface area (Å²) in [5, 5.41) is 9.22. The molecular weight excluding hydrogens is 290 g/mol. The van der Waals surface area contributed by atoms with Crippen molar-refractivity contribution in [3.63, 3.8) is 0 Å². The van der Waals surface area contributed by atoms with Crippen molar-refractivity contribution in [2.24, 2.45) is 5.73 Å². The van der Waals surface area contributed by atoms with Crippen LogP contribution in [-0.4, -0.2) is 30.5 Å². The van der Waals surface area contributed by atoms with E-state index >= 15 is 0 Å². The highest BCUT2D eigenvalue weighted by molar-refractivity contribution is 7.99. The highest BCUT2D eigenvalue weighted by Gasteiger charge is 2.20. The number of carbonyl (C=O) groups is 1. The van der Waals surface area contributed by atoms with Crippen LogP contribution in [0.1, 0.15) is 38.3 Å². The molecule has 0 heterocycles. The minimum Gasteiger partial charge on any atom is -0.496 e. The number of benzene rings is 1. The van der Waals surface area contributed by atoms with Crippen LogP contribution in [0.15, 0.2) is 17.0 Å². The van der Waals surface area contributed by atoms with Gasteiger partial charge in [-0.1, -0.05) is 13.8 Å². The molecule has 21 heavy (non-hydrogen) atoms. The molecular formula is C15H23NO4S. The van der Waals surface area contributed by atoms with Crippen molar-refractivity contribution in [1.82, 2.24) is 0 Å². The lowest BCUT2D eigenvalue weighted by Crippen LogP contribution is -2.15. The fraction of sp³-hybridized carbons (Fsp3) is 0.533. The second-order valence-electron chi connectivity index (χ2n) is 4.95. The minimum atomic E-state index is -0.865. The molecule has 1 unspecified atom stereocenters. The number of carboxylic acid groups (broad SMARTS) is 1. The highest BCUT2D eigenvalue weighted by Crippen LogP contribution is 2.39. The number of methoxy groups -OCH3 is 2. The van der Waals surface area contributed by atoms with Crippen LogP contribution in [0.4, 0.5) is 0 Å². The summed E-state index contributed by atoms with van der Waals surface area (Å²) in [5.74, 6) is 0.404. The van der Waals surface area contributed by atoms with E-state index in [4.69, 9.17) is 20.3 Å². The van der Waals surface area contributed by atoms with Crippen molar-refractivity contribution in [3.05, 3.63) is 17.7 Å². The van der Waals surface area contributed by atoms with Crippen LogP contribution in [0.3, 0.4) is 0 Å². The first-order chi connectivity index (χ1) is 9.88. The van der Waals surface area contributed by atoms with E-state index in [0.29, 0.717) is 28.7 Å². The molecule has 0 saturated carbocycles.